The van der Waals surface area contributed by atoms with Crippen LogP contribution >= 0.6 is 12.2 Å². The molecular formula is C11H18N2OS. The Bertz CT molecular complexity index is 382. The van der Waals surface area contributed by atoms with Crippen molar-refractivity contribution in [2.45, 2.75) is 13.3 Å². The molecule has 1 aromatic rings. The zero-order valence-electron chi connectivity index (χ0n) is 9.62. The summed E-state index contributed by atoms with van der Waals surface area (Å²) in [6, 6.07) is 1.78. The molecule has 0 unspecified atom stereocenters. The molecule has 1 rings (SSSR count). The Morgan fingerprint density at radius 2 is 1.93 bits per heavy atom. The number of anilines is 1. The molecule has 0 aromatic heterocycles. The van der Waals surface area contributed by atoms with Crippen LogP contribution in [0.2, 0.25) is 0 Å². The second kappa shape index (κ2) is 5.37. The number of likely N-dealkylation sites (N-methyl/N-ethyl adjacent to an activating group) is 2. The summed E-state index contributed by atoms with van der Waals surface area (Å²) in [6.45, 7) is 5.11. The molecule has 0 aliphatic carbocycles. The fourth-order valence-electron chi connectivity index (χ4n) is 1.52. The molecule has 0 aliphatic rings. The second-order valence-electron chi connectivity index (χ2n) is 3.95. The van der Waals surface area contributed by atoms with Crippen molar-refractivity contribution >= 4 is 17.9 Å². The fraction of sp³-hybridized carbons (Fsp3) is 0.636. The summed E-state index contributed by atoms with van der Waals surface area (Å²) in [6.07, 6.45) is 1.16. The van der Waals surface area contributed by atoms with Crippen molar-refractivity contribution in [1.29, 1.82) is 0 Å². The van der Waals surface area contributed by atoms with Crippen LogP contribution < -0.4 is 10.3 Å². The van der Waals surface area contributed by atoms with Crippen LogP contribution in [0.15, 0.2) is 10.9 Å². The van der Waals surface area contributed by atoms with Crippen LogP contribution in [-0.2, 0) is 0 Å². The minimum atomic E-state index is 0.0191. The maximum atomic E-state index is 11.3. The molecule has 0 fully saturated rings. The summed E-state index contributed by atoms with van der Waals surface area (Å²) < 4.78 is 0.457. The molecule has 15 heavy (non-hydrogen) atoms. The lowest BCUT2D eigenvalue weighted by atomic mass is 10.2. The van der Waals surface area contributed by atoms with Gasteiger partial charge in [0.25, 0.3) is 0 Å². The van der Waals surface area contributed by atoms with Gasteiger partial charge in [-0.1, -0.05) is 19.1 Å². The molecule has 0 aliphatic heterocycles. The van der Waals surface area contributed by atoms with Gasteiger partial charge in [-0.15, -0.1) is 0 Å². The quantitative estimate of drug-likeness (QED) is 0.685. The Labute approximate surface area is 96.0 Å². The van der Waals surface area contributed by atoms with Gasteiger partial charge in [0, 0.05) is 20.1 Å². The summed E-state index contributed by atoms with van der Waals surface area (Å²) in [4.78, 5) is 15.5. The summed E-state index contributed by atoms with van der Waals surface area (Å²) in [7, 11) is 4.03. The van der Waals surface area contributed by atoms with Crippen LogP contribution in [0.5, 0.6) is 0 Å². The smallest absolute Gasteiger partial charge is 0.219 e. The molecule has 0 heterocycles. The van der Waals surface area contributed by atoms with E-state index >= 15 is 0 Å². The molecule has 84 valence electrons. The van der Waals surface area contributed by atoms with Gasteiger partial charge in [0.1, 0.15) is 0 Å². The van der Waals surface area contributed by atoms with E-state index in [1.165, 1.54) is 0 Å². The molecule has 1 aromatic carbocycles. The normalized spacial score (nSPS) is 11.2. The van der Waals surface area contributed by atoms with E-state index in [4.69, 9.17) is 12.2 Å². The topological polar surface area (TPSA) is 23.6 Å². The van der Waals surface area contributed by atoms with Gasteiger partial charge in [0.15, 0.2) is 0 Å². The molecule has 0 bridgehead atoms. The highest BCUT2D eigenvalue weighted by Gasteiger charge is 2.11. The predicted molar refractivity (Wildman–Crippen MR) is 67.0 cm³/mol. The van der Waals surface area contributed by atoms with Crippen molar-refractivity contribution in [2.24, 2.45) is 0 Å². The zero-order chi connectivity index (χ0) is 11.4. The third-order valence-corrected chi connectivity index (χ3v) is 2.86. The van der Waals surface area contributed by atoms with E-state index in [-0.39, 0.29) is 5.43 Å². The van der Waals surface area contributed by atoms with Crippen LogP contribution in [0.25, 0.3) is 0 Å². The Balaban J connectivity index is 2.38. The van der Waals surface area contributed by atoms with Crippen LogP contribution in [0.3, 0.4) is 0 Å². The van der Waals surface area contributed by atoms with Gasteiger partial charge in [-0.25, -0.2) is 0 Å². The maximum absolute atomic E-state index is 11.3. The average molecular weight is 226 g/mol. The lowest BCUT2D eigenvalue weighted by Gasteiger charge is -2.23. The van der Waals surface area contributed by atoms with Crippen molar-refractivity contribution in [3.63, 3.8) is 0 Å². The highest BCUT2D eigenvalue weighted by atomic mass is 32.1. The minimum Gasteiger partial charge on any atom is -0.370 e. The van der Waals surface area contributed by atoms with Gasteiger partial charge in [-0.3, -0.25) is 4.79 Å². The number of rotatable bonds is 6. The average Bonchev–Trinajstić information content (AvgIpc) is 2.22. The third kappa shape index (κ3) is 3.11. The third-order valence-electron chi connectivity index (χ3n) is 2.56. The molecule has 4 heteroatoms. The highest BCUT2D eigenvalue weighted by Crippen LogP contribution is 2.09. The van der Waals surface area contributed by atoms with Crippen LogP contribution in [0.4, 0.5) is 5.69 Å². The van der Waals surface area contributed by atoms with Gasteiger partial charge in [-0.05, 0) is 26.1 Å². The first kappa shape index (κ1) is 12.3. The predicted octanol–water partition coefficient (Wildman–Crippen LogP) is 1.43. The van der Waals surface area contributed by atoms with Crippen LogP contribution in [0.1, 0.15) is 13.3 Å². The standard InChI is InChI=1S/C11H18N2OS/c1-4-5-12(2)6-7-13(3)9-8-10(15)11(9)14/h8H,4-7H2,1-3H3. The van der Waals surface area contributed by atoms with E-state index in [2.05, 4.69) is 18.9 Å². The molecule has 0 radical (unpaired) electrons. The van der Waals surface area contributed by atoms with Crippen molar-refractivity contribution in [3.8, 4) is 0 Å². The highest BCUT2D eigenvalue weighted by molar-refractivity contribution is 7.71. The first-order valence-electron chi connectivity index (χ1n) is 5.26. The van der Waals surface area contributed by atoms with E-state index < -0.39 is 0 Å². The molecule has 3 nitrogen and oxygen atoms in total. The molecule has 0 N–H and O–H groups in total. The largest absolute Gasteiger partial charge is 0.370 e. The van der Waals surface area contributed by atoms with Gasteiger partial charge in [0.05, 0.1) is 10.2 Å². The first-order chi connectivity index (χ1) is 7.06. The van der Waals surface area contributed by atoms with Crippen molar-refractivity contribution in [2.75, 3.05) is 38.6 Å². The Hall–Kier alpha value is -0.740. The van der Waals surface area contributed by atoms with E-state index in [0.717, 1.165) is 31.7 Å². The fourth-order valence-corrected chi connectivity index (χ4v) is 1.74. The van der Waals surface area contributed by atoms with Gasteiger partial charge in [0.2, 0.25) is 5.43 Å². The molecule has 0 amide bonds. The summed E-state index contributed by atoms with van der Waals surface area (Å²) in [5, 5.41) is 0. The van der Waals surface area contributed by atoms with Crippen molar-refractivity contribution < 1.29 is 0 Å². The van der Waals surface area contributed by atoms with E-state index in [1.54, 1.807) is 6.07 Å². The Morgan fingerprint density at radius 1 is 1.27 bits per heavy atom. The lowest BCUT2D eigenvalue weighted by Crippen LogP contribution is -2.34. The van der Waals surface area contributed by atoms with Crippen LogP contribution in [0, 0.1) is 4.51 Å². The SMILES string of the molecule is CCCN(C)CCN(C)c1cc(=S)c1=O. The zero-order valence-corrected chi connectivity index (χ0v) is 10.4. The van der Waals surface area contributed by atoms with Crippen LogP contribution in [-0.4, -0.2) is 38.6 Å². The minimum absolute atomic E-state index is 0.0191. The summed E-state index contributed by atoms with van der Waals surface area (Å²) in [5.41, 5.74) is 0.774. The Morgan fingerprint density at radius 3 is 2.40 bits per heavy atom. The van der Waals surface area contributed by atoms with Gasteiger partial charge >= 0.3 is 0 Å². The maximum Gasteiger partial charge on any atom is 0.219 e. The number of hydrogen-bond acceptors (Lipinski definition) is 4. The molecule has 0 saturated carbocycles. The number of nitrogens with zero attached hydrogens (tertiary/aromatic N) is 2. The van der Waals surface area contributed by atoms with Crippen molar-refractivity contribution in [3.05, 3.63) is 20.8 Å². The molecule has 0 atom stereocenters. The summed E-state index contributed by atoms with van der Waals surface area (Å²) in [5.74, 6) is 0. The number of hydrogen-bond donors (Lipinski definition) is 0. The van der Waals surface area contributed by atoms with E-state index in [1.807, 2.05) is 11.9 Å². The summed E-state index contributed by atoms with van der Waals surface area (Å²) >= 11 is 4.82. The van der Waals surface area contributed by atoms with Gasteiger partial charge in [-0.2, -0.15) is 0 Å². The van der Waals surface area contributed by atoms with Gasteiger partial charge < -0.3 is 9.80 Å². The van der Waals surface area contributed by atoms with Crippen molar-refractivity contribution in [1.82, 2.24) is 4.90 Å². The molecular weight excluding hydrogens is 208 g/mol. The van der Waals surface area contributed by atoms with E-state index in [0.29, 0.717) is 4.51 Å². The van der Waals surface area contributed by atoms with E-state index in [9.17, 15) is 4.79 Å². The first-order valence-corrected chi connectivity index (χ1v) is 5.67. The monoisotopic (exact) mass is 226 g/mol. The molecule has 0 spiro atoms. The molecule has 0 saturated heterocycles. The second-order valence-corrected chi connectivity index (χ2v) is 4.39. The Kier molecular flexibility index (Phi) is 4.42. The lowest BCUT2D eigenvalue weighted by molar-refractivity contribution is 0.342.